The fourth-order valence-electron chi connectivity index (χ4n) is 4.14. The van der Waals surface area contributed by atoms with Gasteiger partial charge in [-0.2, -0.15) is 0 Å². The second-order valence-electron chi connectivity index (χ2n) is 8.32. The molecule has 1 N–H and O–H groups in total. The molecule has 0 unspecified atom stereocenters. The average molecular weight is 442 g/mol. The molecule has 0 saturated heterocycles. The Morgan fingerprint density at radius 3 is 2.42 bits per heavy atom. The van der Waals surface area contributed by atoms with Gasteiger partial charge in [-0.3, -0.25) is 4.79 Å². The number of fused-ring (bicyclic) bond motifs is 1. The lowest BCUT2D eigenvalue weighted by molar-refractivity contribution is -0.121. The Labute approximate surface area is 195 Å². The Balaban J connectivity index is 1.36. The van der Waals surface area contributed by atoms with E-state index in [9.17, 15) is 4.79 Å². The summed E-state index contributed by atoms with van der Waals surface area (Å²) in [5.74, 6) is 1.98. The van der Waals surface area contributed by atoms with Gasteiger partial charge < -0.3 is 14.6 Å². The Morgan fingerprint density at radius 2 is 1.64 bits per heavy atom. The van der Waals surface area contributed by atoms with Crippen LogP contribution in [0, 0.1) is 13.8 Å². The predicted molar refractivity (Wildman–Crippen MR) is 133 cm³/mol. The van der Waals surface area contributed by atoms with E-state index in [2.05, 4.69) is 54.1 Å². The number of carbonyl (C=O) groups excluding carboxylic acids is 1. The second-order valence-corrected chi connectivity index (χ2v) is 8.32. The van der Waals surface area contributed by atoms with E-state index in [1.165, 1.54) is 5.56 Å². The molecule has 1 amide bonds. The lowest BCUT2D eigenvalue weighted by Crippen LogP contribution is -2.27. The minimum absolute atomic E-state index is 0.0693. The second kappa shape index (κ2) is 10.8. The Morgan fingerprint density at radius 1 is 0.909 bits per heavy atom. The number of nitrogens with one attached hydrogen (secondary N) is 1. The van der Waals surface area contributed by atoms with Gasteiger partial charge in [-0.15, -0.1) is 0 Å². The number of benzene rings is 3. The van der Waals surface area contributed by atoms with Crippen molar-refractivity contribution in [2.75, 3.05) is 13.2 Å². The summed E-state index contributed by atoms with van der Waals surface area (Å²) in [7, 11) is 0. The molecule has 0 bridgehead atoms. The molecule has 5 heteroatoms. The smallest absolute Gasteiger partial charge is 0.220 e. The number of carbonyl (C=O) groups is 1. The molecule has 0 aliphatic carbocycles. The van der Waals surface area contributed by atoms with Crippen LogP contribution in [-0.4, -0.2) is 28.6 Å². The van der Waals surface area contributed by atoms with E-state index in [1.807, 2.05) is 42.5 Å². The zero-order chi connectivity index (χ0) is 23.0. The summed E-state index contributed by atoms with van der Waals surface area (Å²) in [6, 6.07) is 24.4. The third-order valence-electron chi connectivity index (χ3n) is 5.86. The SMILES string of the molecule is Cc1cccc(C)c1OCCn1c(CCNC(=O)CCc2ccccc2)nc2ccccc21. The van der Waals surface area contributed by atoms with E-state index in [1.54, 1.807) is 0 Å². The fourth-order valence-corrected chi connectivity index (χ4v) is 4.14. The standard InChI is InChI=1S/C28H31N3O2/c1-21-9-8-10-22(2)28(21)33-20-19-31-25-14-7-6-13-24(25)30-26(31)17-18-29-27(32)16-15-23-11-4-3-5-12-23/h3-14H,15-20H2,1-2H3,(H,29,32). The third-order valence-corrected chi connectivity index (χ3v) is 5.86. The molecular formula is C28H31N3O2. The van der Waals surface area contributed by atoms with Crippen molar-refractivity contribution in [3.8, 4) is 5.75 Å². The van der Waals surface area contributed by atoms with Crippen molar-refractivity contribution >= 4 is 16.9 Å². The first-order valence-corrected chi connectivity index (χ1v) is 11.6. The number of para-hydroxylation sites is 3. The number of nitrogens with zero attached hydrogens (tertiary/aromatic N) is 2. The summed E-state index contributed by atoms with van der Waals surface area (Å²) in [5, 5.41) is 3.05. The molecule has 3 aromatic carbocycles. The maximum absolute atomic E-state index is 12.3. The molecule has 1 aromatic heterocycles. The minimum atomic E-state index is 0.0693. The van der Waals surface area contributed by atoms with Crippen LogP contribution < -0.4 is 10.1 Å². The van der Waals surface area contributed by atoms with Crippen LogP contribution in [0.1, 0.15) is 28.9 Å². The number of rotatable bonds is 10. The van der Waals surface area contributed by atoms with Gasteiger partial charge >= 0.3 is 0 Å². The zero-order valence-electron chi connectivity index (χ0n) is 19.4. The van der Waals surface area contributed by atoms with Gasteiger partial charge in [0.25, 0.3) is 0 Å². The van der Waals surface area contributed by atoms with E-state index in [0.29, 0.717) is 32.5 Å². The monoisotopic (exact) mass is 441 g/mol. The fraction of sp³-hybridized carbons (Fsp3) is 0.286. The van der Waals surface area contributed by atoms with Gasteiger partial charge in [0.2, 0.25) is 5.91 Å². The molecular weight excluding hydrogens is 410 g/mol. The number of amides is 1. The molecule has 0 aliphatic heterocycles. The molecule has 0 aliphatic rings. The van der Waals surface area contributed by atoms with Gasteiger partial charge in [0, 0.05) is 19.4 Å². The highest BCUT2D eigenvalue weighted by Crippen LogP contribution is 2.23. The minimum Gasteiger partial charge on any atom is -0.491 e. The van der Waals surface area contributed by atoms with Crippen molar-refractivity contribution in [3.05, 3.63) is 95.3 Å². The van der Waals surface area contributed by atoms with Crippen LogP contribution in [0.15, 0.2) is 72.8 Å². The molecule has 170 valence electrons. The van der Waals surface area contributed by atoms with Crippen LogP contribution in [-0.2, 0) is 24.2 Å². The maximum Gasteiger partial charge on any atom is 0.220 e. The molecule has 0 radical (unpaired) electrons. The molecule has 0 spiro atoms. The van der Waals surface area contributed by atoms with Gasteiger partial charge in [0.15, 0.2) is 0 Å². The van der Waals surface area contributed by atoms with Crippen molar-refractivity contribution in [2.45, 2.75) is 39.7 Å². The Kier molecular flexibility index (Phi) is 7.40. The van der Waals surface area contributed by atoms with Crippen molar-refractivity contribution in [3.63, 3.8) is 0 Å². The van der Waals surface area contributed by atoms with E-state index in [4.69, 9.17) is 9.72 Å². The van der Waals surface area contributed by atoms with Crippen LogP contribution in [0.2, 0.25) is 0 Å². The van der Waals surface area contributed by atoms with Crippen LogP contribution in [0.5, 0.6) is 5.75 Å². The average Bonchev–Trinajstić information content (AvgIpc) is 3.17. The highest BCUT2D eigenvalue weighted by Gasteiger charge is 2.12. The highest BCUT2D eigenvalue weighted by atomic mass is 16.5. The van der Waals surface area contributed by atoms with Crippen molar-refractivity contribution in [2.24, 2.45) is 0 Å². The van der Waals surface area contributed by atoms with Crippen molar-refractivity contribution in [1.82, 2.24) is 14.9 Å². The van der Waals surface area contributed by atoms with E-state index < -0.39 is 0 Å². The van der Waals surface area contributed by atoms with E-state index >= 15 is 0 Å². The number of aromatic nitrogens is 2. The number of aryl methyl sites for hydroxylation is 3. The maximum atomic E-state index is 12.3. The summed E-state index contributed by atoms with van der Waals surface area (Å²) in [6.45, 7) is 5.96. The Bertz CT molecular complexity index is 1190. The topological polar surface area (TPSA) is 56.1 Å². The van der Waals surface area contributed by atoms with Gasteiger partial charge in [0.05, 0.1) is 17.6 Å². The molecule has 0 fully saturated rings. The number of imidazole rings is 1. The molecule has 4 aromatic rings. The van der Waals surface area contributed by atoms with Gasteiger partial charge in [-0.1, -0.05) is 60.7 Å². The normalized spacial score (nSPS) is 11.0. The molecule has 33 heavy (non-hydrogen) atoms. The number of hydrogen-bond donors (Lipinski definition) is 1. The Hall–Kier alpha value is -3.60. The molecule has 0 atom stereocenters. The van der Waals surface area contributed by atoms with Crippen LogP contribution in [0.25, 0.3) is 11.0 Å². The quantitative estimate of drug-likeness (QED) is 0.376. The highest BCUT2D eigenvalue weighted by molar-refractivity contribution is 5.77. The molecule has 0 saturated carbocycles. The molecule has 4 rings (SSSR count). The molecule has 5 nitrogen and oxygen atoms in total. The third kappa shape index (κ3) is 5.80. The number of hydrogen-bond acceptors (Lipinski definition) is 3. The zero-order valence-corrected chi connectivity index (χ0v) is 19.4. The van der Waals surface area contributed by atoms with Crippen LogP contribution in [0.3, 0.4) is 0 Å². The van der Waals surface area contributed by atoms with Gasteiger partial charge in [-0.05, 0) is 49.1 Å². The van der Waals surface area contributed by atoms with E-state index in [-0.39, 0.29) is 5.91 Å². The first-order chi connectivity index (χ1) is 16.1. The molecule has 1 heterocycles. The van der Waals surface area contributed by atoms with Crippen LogP contribution >= 0.6 is 0 Å². The van der Waals surface area contributed by atoms with E-state index in [0.717, 1.165) is 40.2 Å². The van der Waals surface area contributed by atoms with Gasteiger partial charge in [-0.25, -0.2) is 4.98 Å². The van der Waals surface area contributed by atoms with Gasteiger partial charge in [0.1, 0.15) is 18.2 Å². The van der Waals surface area contributed by atoms with Crippen LogP contribution in [0.4, 0.5) is 0 Å². The lowest BCUT2D eigenvalue weighted by Gasteiger charge is -2.14. The van der Waals surface area contributed by atoms with Crippen molar-refractivity contribution in [1.29, 1.82) is 0 Å². The first kappa shape index (κ1) is 22.6. The van der Waals surface area contributed by atoms with Crippen molar-refractivity contribution < 1.29 is 9.53 Å². The first-order valence-electron chi connectivity index (χ1n) is 11.6. The summed E-state index contributed by atoms with van der Waals surface area (Å²) in [4.78, 5) is 17.1. The summed E-state index contributed by atoms with van der Waals surface area (Å²) < 4.78 is 8.35. The summed E-state index contributed by atoms with van der Waals surface area (Å²) >= 11 is 0. The summed E-state index contributed by atoms with van der Waals surface area (Å²) in [5.41, 5.74) is 5.52. The summed E-state index contributed by atoms with van der Waals surface area (Å²) in [6.07, 6.45) is 1.92. The number of ether oxygens (including phenoxy) is 1. The predicted octanol–water partition coefficient (Wildman–Crippen LogP) is 5.02. The lowest BCUT2D eigenvalue weighted by atomic mass is 10.1. The largest absolute Gasteiger partial charge is 0.491 e.